The number of hydrogen-bond donors (Lipinski definition) is 0. The lowest BCUT2D eigenvalue weighted by Crippen LogP contribution is -1.92. The number of benzene rings is 8. The lowest BCUT2D eigenvalue weighted by atomic mass is 9.89. The van der Waals surface area contributed by atoms with Crippen LogP contribution >= 0.6 is 0 Å². The Bertz CT molecular complexity index is 2630. The molecule has 8 aromatic carbocycles. The number of allylic oxidation sites excluding steroid dienone is 10. The summed E-state index contributed by atoms with van der Waals surface area (Å²) >= 11 is 0. The minimum Gasteiger partial charge on any atom is -0.0622 e. The Kier molecular flexibility index (Phi) is 9.99. The smallest absolute Gasteiger partial charge is 0.0418 e. The van der Waals surface area contributed by atoms with E-state index < -0.39 is 0 Å². The first kappa shape index (κ1) is 36.4. The normalized spacial score (nSPS) is 13.9. The molecule has 0 spiro atoms. The Morgan fingerprint density at radius 3 is 0.433 bits per heavy atom. The van der Waals surface area contributed by atoms with Gasteiger partial charge in [0, 0.05) is 33.4 Å². The lowest BCUT2D eigenvalue weighted by molar-refractivity contribution is 1.56. The van der Waals surface area contributed by atoms with Crippen LogP contribution in [-0.4, -0.2) is 0 Å². The van der Waals surface area contributed by atoms with E-state index in [-0.39, 0.29) is 0 Å². The summed E-state index contributed by atoms with van der Waals surface area (Å²) in [5, 5.41) is 0. The molecular weight excluding hydrogens is 721 g/mol. The summed E-state index contributed by atoms with van der Waals surface area (Å²) in [5.74, 6) is 0. The van der Waals surface area contributed by atoms with Gasteiger partial charge in [-0.1, -0.05) is 254 Å². The van der Waals surface area contributed by atoms with Gasteiger partial charge in [0.05, 0.1) is 0 Å². The maximum Gasteiger partial charge on any atom is 0.0418 e. The highest BCUT2D eigenvalue weighted by atomic mass is 14.4. The highest BCUT2D eigenvalue weighted by Crippen LogP contribution is 2.56. The third-order valence-electron chi connectivity index (χ3n) is 11.3. The molecule has 10 rings (SSSR count). The van der Waals surface area contributed by atoms with Gasteiger partial charge in [-0.3, -0.25) is 0 Å². The van der Waals surface area contributed by atoms with E-state index in [4.69, 9.17) is 0 Å². The second-order valence-corrected chi connectivity index (χ2v) is 14.9. The Balaban J connectivity index is 1.44. The van der Waals surface area contributed by atoms with Crippen LogP contribution in [0.15, 0.2) is 265 Å². The van der Waals surface area contributed by atoms with Crippen molar-refractivity contribution in [1.82, 2.24) is 0 Å². The van der Waals surface area contributed by atoms with Crippen LogP contribution in [0.3, 0.4) is 0 Å². The number of hydrogen-bond acceptors (Lipinski definition) is 0. The molecule has 0 fully saturated rings. The zero-order valence-electron chi connectivity index (χ0n) is 33.1. The van der Waals surface area contributed by atoms with Gasteiger partial charge >= 0.3 is 0 Å². The number of rotatable bonds is 8. The second-order valence-electron chi connectivity index (χ2n) is 14.9. The molecule has 280 valence electrons. The molecule has 0 atom stereocenters. The molecule has 0 radical (unpaired) electrons. The topological polar surface area (TPSA) is 0 Å². The summed E-state index contributed by atoms with van der Waals surface area (Å²) in [6.45, 7) is 0. The van der Waals surface area contributed by atoms with Gasteiger partial charge in [0.1, 0.15) is 0 Å². The molecule has 0 unspecified atom stereocenters. The van der Waals surface area contributed by atoms with Crippen molar-refractivity contribution in [3.8, 4) is 0 Å². The largest absolute Gasteiger partial charge is 0.0622 e. The van der Waals surface area contributed by atoms with E-state index in [9.17, 15) is 0 Å². The first-order chi connectivity index (χ1) is 29.8. The minimum absolute atomic E-state index is 1.01. The SMILES string of the molecule is C(=C=C1C(c2ccccc2)=C(c2ccccc2)C(c2ccccc2)=C1c1ccccc1)=C1C(c2ccccc2)=C(c2ccccc2)C(c2ccccc2)=C1c1ccccc1. The molecule has 0 nitrogen and oxygen atoms in total. The van der Waals surface area contributed by atoms with Crippen LogP contribution in [0.2, 0.25) is 0 Å². The molecule has 0 aliphatic heterocycles. The Morgan fingerprint density at radius 2 is 0.283 bits per heavy atom. The molecule has 2 aliphatic carbocycles. The van der Waals surface area contributed by atoms with Crippen molar-refractivity contribution in [3.05, 3.63) is 310 Å². The lowest BCUT2D eigenvalue weighted by Gasteiger charge is -2.14. The molecule has 2 aliphatic rings. The molecule has 0 N–H and O–H groups in total. The second kappa shape index (κ2) is 16.5. The van der Waals surface area contributed by atoms with Crippen molar-refractivity contribution >= 4 is 44.6 Å². The van der Waals surface area contributed by atoms with Crippen LogP contribution in [-0.2, 0) is 0 Å². The van der Waals surface area contributed by atoms with E-state index in [1.165, 1.54) is 22.3 Å². The van der Waals surface area contributed by atoms with Crippen molar-refractivity contribution in [1.29, 1.82) is 0 Å². The van der Waals surface area contributed by atoms with E-state index >= 15 is 0 Å². The van der Waals surface area contributed by atoms with Crippen LogP contribution in [0.4, 0.5) is 0 Å². The van der Waals surface area contributed by atoms with E-state index in [1.54, 1.807) is 0 Å². The summed E-state index contributed by atoms with van der Waals surface area (Å²) in [7, 11) is 0. The summed E-state index contributed by atoms with van der Waals surface area (Å²) in [6, 6.07) is 86.6. The molecule has 0 heteroatoms. The van der Waals surface area contributed by atoms with Crippen molar-refractivity contribution in [3.63, 3.8) is 0 Å². The summed E-state index contributed by atoms with van der Waals surface area (Å²) in [6.07, 6.45) is 0. The highest BCUT2D eigenvalue weighted by molar-refractivity contribution is 6.36. The van der Waals surface area contributed by atoms with Gasteiger partial charge in [0.2, 0.25) is 0 Å². The fraction of sp³-hybridized carbons (Fsp3) is 0. The van der Waals surface area contributed by atoms with E-state index in [0.29, 0.717) is 0 Å². The highest BCUT2D eigenvalue weighted by Gasteiger charge is 2.35. The standard InChI is InChI=1S/C60H40/c1-9-25-43(26-10-1)53-51(54(44-27-11-2-12-28-44)58(48-35-19-6-20-36-48)57(53)47-33-17-5-18-34-47)41-42-52-55(45-29-13-3-14-30-45)59(49-37-21-7-22-38-49)60(50-39-23-8-24-40-50)56(52)46-31-15-4-16-32-46/h1-40H. The van der Waals surface area contributed by atoms with Crippen LogP contribution < -0.4 is 0 Å². The van der Waals surface area contributed by atoms with Gasteiger partial charge in [-0.2, -0.15) is 0 Å². The Hall–Kier alpha value is -7.98. The molecule has 0 bridgehead atoms. The molecule has 0 saturated carbocycles. The summed E-state index contributed by atoms with van der Waals surface area (Å²) in [5.41, 5.74) is 28.4. The van der Waals surface area contributed by atoms with Crippen LogP contribution in [0.1, 0.15) is 44.5 Å². The van der Waals surface area contributed by atoms with Crippen LogP contribution in [0, 0.1) is 0 Å². The molecule has 60 heavy (non-hydrogen) atoms. The quantitative estimate of drug-likeness (QED) is 0.135. The van der Waals surface area contributed by atoms with E-state index in [1.807, 2.05) is 0 Å². The maximum absolute atomic E-state index is 4.01. The summed E-state index contributed by atoms with van der Waals surface area (Å²) < 4.78 is 0. The van der Waals surface area contributed by atoms with Gasteiger partial charge in [-0.05, 0) is 66.8 Å². The zero-order valence-corrected chi connectivity index (χ0v) is 33.1. The van der Waals surface area contributed by atoms with Gasteiger partial charge in [-0.25, -0.2) is 0 Å². The first-order valence-corrected chi connectivity index (χ1v) is 20.5. The first-order valence-electron chi connectivity index (χ1n) is 20.5. The van der Waals surface area contributed by atoms with Crippen LogP contribution in [0.5, 0.6) is 0 Å². The predicted octanol–water partition coefficient (Wildman–Crippen LogP) is 15.1. The molecule has 0 aromatic heterocycles. The van der Waals surface area contributed by atoms with Crippen molar-refractivity contribution < 1.29 is 0 Å². The minimum atomic E-state index is 1.01. The molecule has 0 amide bonds. The van der Waals surface area contributed by atoms with E-state index in [2.05, 4.69) is 254 Å². The van der Waals surface area contributed by atoms with Crippen molar-refractivity contribution in [2.75, 3.05) is 0 Å². The molecule has 8 aromatic rings. The molecule has 0 heterocycles. The average molecular weight is 761 g/mol. The Morgan fingerprint density at radius 1 is 0.150 bits per heavy atom. The fourth-order valence-corrected chi connectivity index (χ4v) is 8.77. The van der Waals surface area contributed by atoms with Gasteiger partial charge < -0.3 is 0 Å². The third-order valence-corrected chi connectivity index (χ3v) is 11.3. The van der Waals surface area contributed by atoms with Crippen molar-refractivity contribution in [2.24, 2.45) is 0 Å². The van der Waals surface area contributed by atoms with Crippen LogP contribution in [0.25, 0.3) is 44.6 Å². The van der Waals surface area contributed by atoms with Crippen molar-refractivity contribution in [2.45, 2.75) is 0 Å². The van der Waals surface area contributed by atoms with Gasteiger partial charge in [0.15, 0.2) is 0 Å². The predicted molar refractivity (Wildman–Crippen MR) is 253 cm³/mol. The average Bonchev–Trinajstić information content (AvgIpc) is 3.87. The van der Waals surface area contributed by atoms with Gasteiger partial charge in [-0.15, -0.1) is 0 Å². The Labute approximate surface area is 352 Å². The van der Waals surface area contributed by atoms with E-state index in [0.717, 1.165) is 77.9 Å². The summed E-state index contributed by atoms with van der Waals surface area (Å²) in [4.78, 5) is 0. The monoisotopic (exact) mass is 760 g/mol. The maximum atomic E-state index is 4.01. The molecular formula is C60H40. The molecule has 0 saturated heterocycles. The zero-order chi connectivity index (χ0) is 40.1. The van der Waals surface area contributed by atoms with Gasteiger partial charge in [0.25, 0.3) is 0 Å². The third kappa shape index (κ3) is 6.79. The fourth-order valence-electron chi connectivity index (χ4n) is 8.77.